The molecule has 1 heterocycles. The molecule has 0 spiro atoms. The van der Waals surface area contributed by atoms with Crippen LogP contribution in [0.1, 0.15) is 57.2 Å². The number of benzene rings is 1. The second kappa shape index (κ2) is 11.9. The predicted molar refractivity (Wildman–Crippen MR) is 115 cm³/mol. The third kappa shape index (κ3) is 6.15. The van der Waals surface area contributed by atoms with Crippen LogP contribution in [-0.4, -0.2) is 54.2 Å². The second-order valence-corrected chi connectivity index (χ2v) is 7.87. The Bertz CT molecular complexity index is 727. The molecule has 1 aliphatic carbocycles. The molecule has 8 heteroatoms. The molecule has 1 aromatic heterocycles. The maximum atomic E-state index is 5.88. The van der Waals surface area contributed by atoms with Gasteiger partial charge in [0.1, 0.15) is 11.5 Å². The molecule has 0 radical (unpaired) electrons. The largest absolute Gasteiger partial charge is 0.497 e. The van der Waals surface area contributed by atoms with Gasteiger partial charge in [0, 0.05) is 20.3 Å². The first-order chi connectivity index (χ1) is 14.8. The zero-order chi connectivity index (χ0) is 21.1. The second-order valence-electron chi connectivity index (χ2n) is 7.87. The van der Waals surface area contributed by atoms with Gasteiger partial charge in [0.05, 0.1) is 19.3 Å². The number of hydrogen-bond acceptors (Lipinski definition) is 7. The summed E-state index contributed by atoms with van der Waals surface area (Å²) in [5.41, 5.74) is -0.160. The summed E-state index contributed by atoms with van der Waals surface area (Å²) < 4.78 is 18.2. The van der Waals surface area contributed by atoms with Crippen LogP contribution in [0.5, 0.6) is 11.5 Å². The molecule has 1 N–H and O–H groups in total. The van der Waals surface area contributed by atoms with E-state index in [1.54, 1.807) is 14.2 Å². The van der Waals surface area contributed by atoms with E-state index in [1.807, 2.05) is 28.9 Å². The quantitative estimate of drug-likeness (QED) is 0.419. The summed E-state index contributed by atoms with van der Waals surface area (Å²) >= 11 is 0. The van der Waals surface area contributed by atoms with Gasteiger partial charge in [0.25, 0.3) is 0 Å². The maximum Gasteiger partial charge on any atom is 0.171 e. The number of aromatic nitrogens is 4. The highest BCUT2D eigenvalue weighted by atomic mass is 16.5. The Hall–Kier alpha value is -2.19. The SMILES string of the molecule is COCCCn1nnnc1C1(NCCCOc2ccc(OC)cc2)CCCCCC1. The van der Waals surface area contributed by atoms with Crippen molar-refractivity contribution >= 4 is 0 Å². The summed E-state index contributed by atoms with van der Waals surface area (Å²) in [6.45, 7) is 3.01. The Morgan fingerprint density at radius 3 is 2.40 bits per heavy atom. The minimum atomic E-state index is -0.160. The highest BCUT2D eigenvalue weighted by Crippen LogP contribution is 2.34. The van der Waals surface area contributed by atoms with E-state index in [0.29, 0.717) is 13.2 Å². The molecule has 2 aromatic rings. The van der Waals surface area contributed by atoms with Gasteiger partial charge < -0.3 is 19.5 Å². The van der Waals surface area contributed by atoms with Gasteiger partial charge in [-0.2, -0.15) is 0 Å². The summed E-state index contributed by atoms with van der Waals surface area (Å²) in [5, 5.41) is 16.5. The van der Waals surface area contributed by atoms with E-state index in [1.165, 1.54) is 25.7 Å². The summed E-state index contributed by atoms with van der Waals surface area (Å²) in [6.07, 6.45) is 8.89. The fourth-order valence-corrected chi connectivity index (χ4v) is 4.13. The molecular formula is C22H35N5O3. The van der Waals surface area contributed by atoms with Crippen molar-refractivity contribution in [1.82, 2.24) is 25.5 Å². The predicted octanol–water partition coefficient (Wildman–Crippen LogP) is 3.33. The van der Waals surface area contributed by atoms with Gasteiger partial charge in [-0.25, -0.2) is 4.68 Å². The Morgan fingerprint density at radius 2 is 1.70 bits per heavy atom. The molecule has 1 aliphatic rings. The van der Waals surface area contributed by atoms with Crippen molar-refractivity contribution in [2.24, 2.45) is 0 Å². The molecule has 0 amide bonds. The molecule has 1 aromatic carbocycles. The van der Waals surface area contributed by atoms with Crippen LogP contribution in [0.3, 0.4) is 0 Å². The number of nitrogens with one attached hydrogen (secondary N) is 1. The highest BCUT2D eigenvalue weighted by Gasteiger charge is 2.37. The van der Waals surface area contributed by atoms with E-state index in [9.17, 15) is 0 Å². The minimum absolute atomic E-state index is 0.160. The average molecular weight is 418 g/mol. The smallest absolute Gasteiger partial charge is 0.171 e. The topological polar surface area (TPSA) is 83.3 Å². The maximum absolute atomic E-state index is 5.88. The van der Waals surface area contributed by atoms with Crippen LogP contribution in [0, 0.1) is 0 Å². The molecule has 0 bridgehead atoms. The van der Waals surface area contributed by atoms with Gasteiger partial charge in [0.15, 0.2) is 5.82 Å². The van der Waals surface area contributed by atoms with Gasteiger partial charge in [-0.15, -0.1) is 5.10 Å². The fourth-order valence-electron chi connectivity index (χ4n) is 4.13. The van der Waals surface area contributed by atoms with E-state index in [4.69, 9.17) is 14.2 Å². The van der Waals surface area contributed by atoms with Crippen LogP contribution in [0.4, 0.5) is 0 Å². The fraction of sp³-hybridized carbons (Fsp3) is 0.682. The highest BCUT2D eigenvalue weighted by molar-refractivity contribution is 5.31. The van der Waals surface area contributed by atoms with Crippen molar-refractivity contribution < 1.29 is 14.2 Å². The van der Waals surface area contributed by atoms with E-state index >= 15 is 0 Å². The van der Waals surface area contributed by atoms with Crippen LogP contribution >= 0.6 is 0 Å². The third-order valence-corrected chi connectivity index (χ3v) is 5.75. The molecule has 0 unspecified atom stereocenters. The number of rotatable bonds is 12. The van der Waals surface area contributed by atoms with Crippen LogP contribution in [0.15, 0.2) is 24.3 Å². The molecule has 30 heavy (non-hydrogen) atoms. The molecular weight excluding hydrogens is 382 g/mol. The van der Waals surface area contributed by atoms with Gasteiger partial charge in [0.2, 0.25) is 0 Å². The Balaban J connectivity index is 1.56. The number of aryl methyl sites for hydroxylation is 1. The zero-order valence-electron chi connectivity index (χ0n) is 18.3. The number of tetrazole rings is 1. The monoisotopic (exact) mass is 417 g/mol. The Kier molecular flexibility index (Phi) is 8.89. The van der Waals surface area contributed by atoms with E-state index in [2.05, 4.69) is 20.8 Å². The Labute approximate surface area is 179 Å². The van der Waals surface area contributed by atoms with Gasteiger partial charge >= 0.3 is 0 Å². The molecule has 8 nitrogen and oxygen atoms in total. The summed E-state index contributed by atoms with van der Waals surface area (Å²) in [6, 6.07) is 7.70. The van der Waals surface area contributed by atoms with Crippen LogP contribution in [0.25, 0.3) is 0 Å². The van der Waals surface area contributed by atoms with Crippen molar-refractivity contribution in [3.8, 4) is 11.5 Å². The number of ether oxygens (including phenoxy) is 3. The van der Waals surface area contributed by atoms with Gasteiger partial charge in [-0.3, -0.25) is 0 Å². The van der Waals surface area contributed by atoms with E-state index in [0.717, 1.165) is 56.1 Å². The number of nitrogens with zero attached hydrogens (tertiary/aromatic N) is 4. The number of hydrogen-bond donors (Lipinski definition) is 1. The molecule has 1 saturated carbocycles. The zero-order valence-corrected chi connectivity index (χ0v) is 18.3. The molecule has 166 valence electrons. The molecule has 0 atom stereocenters. The first-order valence-electron chi connectivity index (χ1n) is 11.0. The minimum Gasteiger partial charge on any atom is -0.497 e. The van der Waals surface area contributed by atoms with E-state index < -0.39 is 0 Å². The lowest BCUT2D eigenvalue weighted by atomic mass is 9.88. The Morgan fingerprint density at radius 1 is 0.967 bits per heavy atom. The van der Waals surface area contributed by atoms with Crippen molar-refractivity contribution in [3.05, 3.63) is 30.1 Å². The standard InChI is InChI=1S/C22H35N5O3/c1-28-17-8-16-27-21(24-25-26-27)22(13-5-3-4-6-14-22)23-15-7-18-30-20-11-9-19(29-2)10-12-20/h9-12,23H,3-8,13-18H2,1-2H3. The summed E-state index contributed by atoms with van der Waals surface area (Å²) in [7, 11) is 3.39. The molecule has 3 rings (SSSR count). The average Bonchev–Trinajstić information content (AvgIpc) is 3.12. The molecule has 0 saturated heterocycles. The van der Waals surface area contributed by atoms with Crippen molar-refractivity contribution in [2.45, 2.75) is 63.5 Å². The third-order valence-electron chi connectivity index (χ3n) is 5.75. The van der Waals surface area contributed by atoms with Crippen LogP contribution in [-0.2, 0) is 16.8 Å². The van der Waals surface area contributed by atoms with Crippen LogP contribution < -0.4 is 14.8 Å². The normalized spacial score (nSPS) is 16.2. The van der Waals surface area contributed by atoms with E-state index in [-0.39, 0.29) is 5.54 Å². The van der Waals surface area contributed by atoms with Crippen molar-refractivity contribution in [1.29, 1.82) is 0 Å². The number of methoxy groups -OCH3 is 2. The first kappa shape index (κ1) is 22.5. The lowest BCUT2D eigenvalue weighted by molar-refractivity contribution is 0.185. The van der Waals surface area contributed by atoms with Crippen LogP contribution in [0.2, 0.25) is 0 Å². The van der Waals surface area contributed by atoms with Gasteiger partial charge in [-0.1, -0.05) is 25.7 Å². The van der Waals surface area contributed by atoms with Gasteiger partial charge in [-0.05, 0) is 66.9 Å². The first-order valence-corrected chi connectivity index (χ1v) is 11.0. The lowest BCUT2D eigenvalue weighted by Gasteiger charge is -2.33. The van der Waals surface area contributed by atoms with Crippen molar-refractivity contribution in [2.75, 3.05) is 34.0 Å². The van der Waals surface area contributed by atoms with Crippen molar-refractivity contribution in [3.63, 3.8) is 0 Å². The molecule has 0 aliphatic heterocycles. The summed E-state index contributed by atoms with van der Waals surface area (Å²) in [4.78, 5) is 0. The molecule has 1 fully saturated rings. The lowest BCUT2D eigenvalue weighted by Crippen LogP contribution is -2.45. The summed E-state index contributed by atoms with van der Waals surface area (Å²) in [5.74, 6) is 2.67.